The van der Waals surface area contributed by atoms with Crippen molar-refractivity contribution < 1.29 is 4.79 Å². The molecule has 0 saturated carbocycles. The molecule has 0 saturated heterocycles. The lowest BCUT2D eigenvalue weighted by atomic mass is 10.1. The molecule has 0 aliphatic heterocycles. The van der Waals surface area contributed by atoms with Crippen LogP contribution in [-0.4, -0.2) is 15.7 Å². The van der Waals surface area contributed by atoms with Gasteiger partial charge in [-0.15, -0.1) is 0 Å². The number of anilines is 1. The molecule has 1 heterocycles. The molecule has 0 bridgehead atoms. The number of rotatable bonds is 4. The first-order chi connectivity index (χ1) is 12.1. The number of para-hydroxylation sites is 1. The fraction of sp³-hybridized carbons (Fsp3) is 0.250. The maximum atomic E-state index is 12.9. The highest BCUT2D eigenvalue weighted by molar-refractivity contribution is 6.11. The van der Waals surface area contributed by atoms with Gasteiger partial charge in [0.15, 0.2) is 5.69 Å². The second kappa shape index (κ2) is 6.89. The van der Waals surface area contributed by atoms with Gasteiger partial charge in [-0.1, -0.05) is 43.3 Å². The van der Waals surface area contributed by atoms with E-state index in [0.29, 0.717) is 17.3 Å². The number of benzene rings is 2. The number of hydrogen-bond acceptors (Lipinski definition) is 3. The summed E-state index contributed by atoms with van der Waals surface area (Å²) < 4.78 is 1.33. The highest BCUT2D eigenvalue weighted by atomic mass is 16.2. The number of aromatic nitrogens is 2. The van der Waals surface area contributed by atoms with Gasteiger partial charge in [0.05, 0.1) is 5.39 Å². The van der Waals surface area contributed by atoms with E-state index in [0.717, 1.165) is 23.2 Å². The van der Waals surface area contributed by atoms with Crippen LogP contribution in [-0.2, 0) is 13.0 Å². The Balaban J connectivity index is 2.13. The van der Waals surface area contributed by atoms with Crippen LogP contribution in [0, 0.1) is 6.92 Å². The van der Waals surface area contributed by atoms with Gasteiger partial charge in [-0.3, -0.25) is 9.59 Å². The third-order valence-electron chi connectivity index (χ3n) is 4.36. The van der Waals surface area contributed by atoms with E-state index in [4.69, 9.17) is 0 Å². The Morgan fingerprint density at radius 2 is 1.80 bits per heavy atom. The molecule has 1 N–H and O–H groups in total. The van der Waals surface area contributed by atoms with Crippen LogP contribution in [0.25, 0.3) is 10.8 Å². The Hall–Kier alpha value is -2.95. The van der Waals surface area contributed by atoms with Crippen molar-refractivity contribution in [1.82, 2.24) is 9.78 Å². The van der Waals surface area contributed by atoms with Crippen LogP contribution < -0.4 is 10.9 Å². The van der Waals surface area contributed by atoms with Crippen molar-refractivity contribution >= 4 is 22.4 Å². The molecule has 1 aromatic heterocycles. The average Bonchev–Trinajstić information content (AvgIpc) is 2.63. The fourth-order valence-electron chi connectivity index (χ4n) is 2.99. The van der Waals surface area contributed by atoms with Crippen molar-refractivity contribution in [3.63, 3.8) is 0 Å². The van der Waals surface area contributed by atoms with Gasteiger partial charge in [-0.25, -0.2) is 4.68 Å². The van der Waals surface area contributed by atoms with Crippen molar-refractivity contribution in [1.29, 1.82) is 0 Å². The molecule has 0 radical (unpaired) electrons. The number of nitrogens with one attached hydrogen (secondary N) is 1. The number of nitrogens with zero attached hydrogens (tertiary/aromatic N) is 2. The Morgan fingerprint density at radius 1 is 1.08 bits per heavy atom. The van der Waals surface area contributed by atoms with Gasteiger partial charge in [0.1, 0.15) is 0 Å². The van der Waals surface area contributed by atoms with Crippen molar-refractivity contribution in [2.45, 2.75) is 33.7 Å². The molecule has 5 heteroatoms. The standard InChI is InChI=1S/C20H21N3O2/c1-4-14-10-8-9-13(3)17(14)21-19(24)18-15-11-6-7-12-16(15)20(25)23(5-2)22-18/h6-12H,4-5H2,1-3H3,(H,21,24). The summed E-state index contributed by atoms with van der Waals surface area (Å²) in [4.78, 5) is 25.4. The molecule has 3 rings (SSSR count). The molecule has 1 amide bonds. The summed E-state index contributed by atoms with van der Waals surface area (Å²) >= 11 is 0. The van der Waals surface area contributed by atoms with Crippen LogP contribution in [0.1, 0.15) is 35.5 Å². The van der Waals surface area contributed by atoms with Crippen LogP contribution in [0.3, 0.4) is 0 Å². The summed E-state index contributed by atoms with van der Waals surface area (Å²) in [5, 5.41) is 8.36. The zero-order valence-corrected chi connectivity index (χ0v) is 14.7. The number of fused-ring (bicyclic) bond motifs is 1. The van der Waals surface area contributed by atoms with E-state index < -0.39 is 0 Å². The van der Waals surface area contributed by atoms with Gasteiger partial charge < -0.3 is 5.32 Å². The van der Waals surface area contributed by atoms with Gasteiger partial charge in [-0.2, -0.15) is 5.10 Å². The first-order valence-electron chi connectivity index (χ1n) is 8.46. The van der Waals surface area contributed by atoms with E-state index in [9.17, 15) is 9.59 Å². The lowest BCUT2D eigenvalue weighted by Gasteiger charge is -2.14. The van der Waals surface area contributed by atoms with E-state index in [1.54, 1.807) is 18.2 Å². The highest BCUT2D eigenvalue weighted by Crippen LogP contribution is 2.23. The average molecular weight is 335 g/mol. The SMILES string of the molecule is CCc1cccc(C)c1NC(=O)c1nn(CC)c(=O)c2ccccc12. The summed E-state index contributed by atoms with van der Waals surface area (Å²) in [5.41, 5.74) is 2.97. The minimum atomic E-state index is -0.303. The molecule has 0 aliphatic rings. The number of aryl methyl sites for hydroxylation is 3. The summed E-state index contributed by atoms with van der Waals surface area (Å²) in [5.74, 6) is -0.303. The summed E-state index contributed by atoms with van der Waals surface area (Å²) in [6.07, 6.45) is 0.819. The summed E-state index contributed by atoms with van der Waals surface area (Å²) in [6.45, 7) is 6.26. The zero-order valence-electron chi connectivity index (χ0n) is 14.7. The quantitative estimate of drug-likeness (QED) is 0.793. The van der Waals surface area contributed by atoms with E-state index in [1.165, 1.54) is 4.68 Å². The monoisotopic (exact) mass is 335 g/mol. The van der Waals surface area contributed by atoms with Crippen molar-refractivity contribution in [3.05, 3.63) is 69.6 Å². The largest absolute Gasteiger partial charge is 0.320 e. The van der Waals surface area contributed by atoms with Crippen LogP contribution in [0.15, 0.2) is 47.3 Å². The maximum Gasteiger partial charge on any atom is 0.276 e. The number of hydrogen-bond donors (Lipinski definition) is 1. The molecule has 0 unspecified atom stereocenters. The van der Waals surface area contributed by atoms with Gasteiger partial charge >= 0.3 is 0 Å². The van der Waals surface area contributed by atoms with Gasteiger partial charge in [0, 0.05) is 17.6 Å². The highest BCUT2D eigenvalue weighted by Gasteiger charge is 2.18. The Labute approximate surface area is 146 Å². The smallest absolute Gasteiger partial charge is 0.276 e. The van der Waals surface area contributed by atoms with E-state index in [1.807, 2.05) is 38.1 Å². The molecule has 128 valence electrons. The lowest BCUT2D eigenvalue weighted by molar-refractivity contribution is 0.102. The molecular formula is C20H21N3O2. The Bertz CT molecular complexity index is 1010. The maximum absolute atomic E-state index is 12.9. The van der Waals surface area contributed by atoms with Gasteiger partial charge in [-0.05, 0) is 37.5 Å². The van der Waals surface area contributed by atoms with Crippen molar-refractivity contribution in [2.75, 3.05) is 5.32 Å². The Kier molecular flexibility index (Phi) is 4.65. The van der Waals surface area contributed by atoms with E-state index in [-0.39, 0.29) is 17.2 Å². The summed E-state index contributed by atoms with van der Waals surface area (Å²) in [7, 11) is 0. The predicted molar refractivity (Wildman–Crippen MR) is 100 cm³/mol. The molecule has 3 aromatic rings. The molecular weight excluding hydrogens is 314 g/mol. The van der Waals surface area contributed by atoms with Gasteiger partial charge in [0.2, 0.25) is 0 Å². The minimum Gasteiger partial charge on any atom is -0.320 e. The lowest BCUT2D eigenvalue weighted by Crippen LogP contribution is -2.27. The first kappa shape index (κ1) is 16.9. The second-order valence-corrected chi connectivity index (χ2v) is 5.93. The van der Waals surface area contributed by atoms with Crippen LogP contribution >= 0.6 is 0 Å². The number of carbonyl (C=O) groups excluding carboxylic acids is 1. The molecule has 0 fully saturated rings. The van der Waals surface area contributed by atoms with Crippen LogP contribution in [0.2, 0.25) is 0 Å². The molecule has 25 heavy (non-hydrogen) atoms. The second-order valence-electron chi connectivity index (χ2n) is 5.93. The predicted octanol–water partition coefficient (Wildman–Crippen LogP) is 3.54. The molecule has 0 spiro atoms. The zero-order chi connectivity index (χ0) is 18.0. The Morgan fingerprint density at radius 3 is 2.48 bits per heavy atom. The molecule has 5 nitrogen and oxygen atoms in total. The van der Waals surface area contributed by atoms with Crippen LogP contribution in [0.4, 0.5) is 5.69 Å². The molecule has 0 atom stereocenters. The third-order valence-corrected chi connectivity index (χ3v) is 4.36. The van der Waals surface area contributed by atoms with Crippen LogP contribution in [0.5, 0.6) is 0 Å². The minimum absolute atomic E-state index is 0.181. The normalized spacial score (nSPS) is 10.8. The third kappa shape index (κ3) is 3.05. The van der Waals surface area contributed by atoms with E-state index >= 15 is 0 Å². The fourth-order valence-corrected chi connectivity index (χ4v) is 2.99. The molecule has 2 aromatic carbocycles. The number of carbonyl (C=O) groups is 1. The topological polar surface area (TPSA) is 64.0 Å². The van der Waals surface area contributed by atoms with Gasteiger partial charge in [0.25, 0.3) is 11.5 Å². The van der Waals surface area contributed by atoms with E-state index in [2.05, 4.69) is 17.3 Å². The summed E-state index contributed by atoms with van der Waals surface area (Å²) in [6, 6.07) is 13.0. The van der Waals surface area contributed by atoms with Crippen molar-refractivity contribution in [3.8, 4) is 0 Å². The molecule has 0 aliphatic carbocycles. The first-order valence-corrected chi connectivity index (χ1v) is 8.46. The van der Waals surface area contributed by atoms with Crippen molar-refractivity contribution in [2.24, 2.45) is 0 Å². The number of amides is 1.